The number of sulfonamides is 1. The number of anilines is 3. The Morgan fingerprint density at radius 2 is 1.82 bits per heavy atom. The first-order valence-corrected chi connectivity index (χ1v) is 12.3. The highest BCUT2D eigenvalue weighted by molar-refractivity contribution is 9.10. The SMILES string of the molecule is CCOc1ccc(Br)cc1S(=O)(=O)Nc1ccc(Nc2cc(-n3ccnc3)nc(C)n2)cc1. The molecule has 2 aromatic carbocycles. The van der Waals surface area contributed by atoms with Gasteiger partial charge in [0, 0.05) is 34.3 Å². The van der Waals surface area contributed by atoms with E-state index in [4.69, 9.17) is 4.74 Å². The molecule has 0 radical (unpaired) electrons. The monoisotopic (exact) mass is 528 g/mol. The van der Waals surface area contributed by atoms with Gasteiger partial charge < -0.3 is 10.1 Å². The Kier molecular flexibility index (Phi) is 6.61. The molecule has 11 heteroatoms. The average Bonchev–Trinajstić information content (AvgIpc) is 3.31. The minimum absolute atomic E-state index is 0.0596. The van der Waals surface area contributed by atoms with Crippen molar-refractivity contribution in [2.75, 3.05) is 16.6 Å². The first-order chi connectivity index (χ1) is 15.8. The Bertz CT molecular complexity index is 1360. The van der Waals surface area contributed by atoms with Crippen molar-refractivity contribution >= 4 is 43.1 Å². The Hall–Kier alpha value is -3.44. The van der Waals surface area contributed by atoms with Gasteiger partial charge in [0.15, 0.2) is 0 Å². The van der Waals surface area contributed by atoms with Gasteiger partial charge in [-0.25, -0.2) is 23.4 Å². The second kappa shape index (κ2) is 9.59. The summed E-state index contributed by atoms with van der Waals surface area (Å²) in [6, 6.07) is 13.5. The second-order valence-electron chi connectivity index (χ2n) is 6.96. The molecule has 33 heavy (non-hydrogen) atoms. The molecule has 9 nitrogen and oxygen atoms in total. The number of aryl methyl sites for hydroxylation is 1. The van der Waals surface area contributed by atoms with Gasteiger partial charge in [-0.05, 0) is 56.3 Å². The van der Waals surface area contributed by atoms with Crippen molar-refractivity contribution in [1.29, 1.82) is 0 Å². The van der Waals surface area contributed by atoms with Crippen LogP contribution in [0.1, 0.15) is 12.7 Å². The lowest BCUT2D eigenvalue weighted by atomic mass is 10.3. The summed E-state index contributed by atoms with van der Waals surface area (Å²) in [7, 11) is -3.85. The summed E-state index contributed by atoms with van der Waals surface area (Å²) >= 11 is 3.32. The van der Waals surface area contributed by atoms with Crippen LogP contribution >= 0.6 is 15.9 Å². The maximum atomic E-state index is 13.0. The molecule has 0 saturated heterocycles. The number of aromatic nitrogens is 4. The van der Waals surface area contributed by atoms with E-state index in [1.807, 2.05) is 6.92 Å². The standard InChI is InChI=1S/C22H21BrN6O3S/c1-3-32-19-9-4-16(23)12-20(19)33(30,31)28-18-7-5-17(6-8-18)27-21-13-22(26-15(2)25-21)29-11-10-24-14-29/h4-14,28H,3H2,1-2H3,(H,25,26,27). The number of halogens is 1. The molecule has 0 spiro atoms. The molecule has 170 valence electrons. The van der Waals surface area contributed by atoms with E-state index in [0.717, 1.165) is 5.69 Å². The third-order valence-corrected chi connectivity index (χ3v) is 6.39. The average molecular weight is 529 g/mol. The number of hydrogen-bond acceptors (Lipinski definition) is 7. The van der Waals surface area contributed by atoms with E-state index in [0.29, 0.717) is 40.0 Å². The largest absolute Gasteiger partial charge is 0.492 e. The molecule has 0 bridgehead atoms. The van der Waals surface area contributed by atoms with Crippen molar-refractivity contribution < 1.29 is 13.2 Å². The Morgan fingerprint density at radius 1 is 1.06 bits per heavy atom. The Balaban J connectivity index is 1.52. The maximum absolute atomic E-state index is 13.0. The third-order valence-electron chi connectivity index (χ3n) is 4.50. The van der Waals surface area contributed by atoms with Crippen LogP contribution in [0, 0.1) is 6.92 Å². The van der Waals surface area contributed by atoms with Crippen molar-refractivity contribution in [1.82, 2.24) is 19.5 Å². The van der Waals surface area contributed by atoms with Crippen LogP contribution in [-0.4, -0.2) is 34.5 Å². The van der Waals surface area contributed by atoms with E-state index >= 15 is 0 Å². The normalized spacial score (nSPS) is 11.2. The van der Waals surface area contributed by atoms with Crippen LogP contribution in [0.25, 0.3) is 5.82 Å². The highest BCUT2D eigenvalue weighted by Crippen LogP contribution is 2.29. The smallest absolute Gasteiger partial charge is 0.265 e. The zero-order valence-electron chi connectivity index (χ0n) is 17.9. The predicted octanol–water partition coefficient (Wildman–Crippen LogP) is 4.68. The molecule has 2 heterocycles. The van der Waals surface area contributed by atoms with Gasteiger partial charge in [-0.1, -0.05) is 15.9 Å². The predicted molar refractivity (Wildman–Crippen MR) is 130 cm³/mol. The molecule has 0 saturated carbocycles. The zero-order valence-corrected chi connectivity index (χ0v) is 20.3. The lowest BCUT2D eigenvalue weighted by Crippen LogP contribution is -2.14. The molecule has 4 rings (SSSR count). The van der Waals surface area contributed by atoms with Crippen molar-refractivity contribution in [2.24, 2.45) is 0 Å². The minimum atomic E-state index is -3.85. The number of imidazole rings is 1. The first-order valence-electron chi connectivity index (χ1n) is 10.0. The zero-order chi connectivity index (χ0) is 23.4. The fourth-order valence-electron chi connectivity index (χ4n) is 3.09. The fraction of sp³-hybridized carbons (Fsp3) is 0.136. The Labute approximate surface area is 200 Å². The molecule has 0 amide bonds. The van der Waals surface area contributed by atoms with Crippen LogP contribution in [0.4, 0.5) is 17.2 Å². The lowest BCUT2D eigenvalue weighted by Gasteiger charge is -2.14. The van der Waals surface area contributed by atoms with Gasteiger partial charge in [-0.3, -0.25) is 9.29 Å². The molecular weight excluding hydrogens is 508 g/mol. The van der Waals surface area contributed by atoms with Gasteiger partial charge in [-0.2, -0.15) is 0 Å². The number of ether oxygens (including phenoxy) is 1. The van der Waals surface area contributed by atoms with E-state index < -0.39 is 10.0 Å². The fourth-order valence-corrected chi connectivity index (χ4v) is 4.83. The summed E-state index contributed by atoms with van der Waals surface area (Å²) in [4.78, 5) is 12.9. The number of nitrogens with one attached hydrogen (secondary N) is 2. The molecule has 0 fully saturated rings. The summed E-state index contributed by atoms with van der Waals surface area (Å²) in [5.41, 5.74) is 1.16. The second-order valence-corrected chi connectivity index (χ2v) is 9.53. The number of benzene rings is 2. The van der Waals surface area contributed by atoms with Crippen LogP contribution in [0.3, 0.4) is 0 Å². The van der Waals surface area contributed by atoms with Crippen molar-refractivity contribution in [3.63, 3.8) is 0 Å². The van der Waals surface area contributed by atoms with Crippen LogP contribution < -0.4 is 14.8 Å². The summed E-state index contributed by atoms with van der Waals surface area (Å²) in [5.74, 6) is 2.19. The Morgan fingerprint density at radius 3 is 2.52 bits per heavy atom. The van der Waals surface area contributed by atoms with E-state index in [1.54, 1.807) is 72.7 Å². The van der Waals surface area contributed by atoms with Gasteiger partial charge >= 0.3 is 0 Å². The quantitative estimate of drug-likeness (QED) is 0.341. The topological polar surface area (TPSA) is 111 Å². The van der Waals surface area contributed by atoms with E-state index in [-0.39, 0.29) is 4.90 Å². The maximum Gasteiger partial charge on any atom is 0.265 e. The highest BCUT2D eigenvalue weighted by atomic mass is 79.9. The third kappa shape index (κ3) is 5.49. The van der Waals surface area contributed by atoms with Crippen LogP contribution in [-0.2, 0) is 10.0 Å². The summed E-state index contributed by atoms with van der Waals surface area (Å²) in [6.07, 6.45) is 5.14. The number of rotatable bonds is 8. The molecule has 0 aliphatic heterocycles. The molecular formula is C22H21BrN6O3S. The number of hydrogen-bond donors (Lipinski definition) is 2. The minimum Gasteiger partial charge on any atom is -0.492 e. The molecule has 2 N–H and O–H groups in total. The number of nitrogens with zero attached hydrogens (tertiary/aromatic N) is 4. The van der Waals surface area contributed by atoms with E-state index in [1.165, 1.54) is 6.07 Å². The van der Waals surface area contributed by atoms with Crippen LogP contribution in [0.15, 0.2) is 76.6 Å². The van der Waals surface area contributed by atoms with E-state index in [2.05, 4.69) is 40.9 Å². The van der Waals surface area contributed by atoms with Crippen molar-refractivity contribution in [2.45, 2.75) is 18.7 Å². The van der Waals surface area contributed by atoms with Gasteiger partial charge in [0.05, 0.1) is 6.61 Å². The summed E-state index contributed by atoms with van der Waals surface area (Å²) < 4.78 is 36.4. The summed E-state index contributed by atoms with van der Waals surface area (Å²) in [5, 5.41) is 3.21. The lowest BCUT2D eigenvalue weighted by molar-refractivity contribution is 0.331. The molecule has 0 aliphatic rings. The van der Waals surface area contributed by atoms with Gasteiger partial charge in [0.2, 0.25) is 0 Å². The van der Waals surface area contributed by atoms with Gasteiger partial charge in [0.1, 0.15) is 34.4 Å². The van der Waals surface area contributed by atoms with Crippen molar-refractivity contribution in [3.8, 4) is 11.6 Å². The van der Waals surface area contributed by atoms with Crippen molar-refractivity contribution in [3.05, 3.63) is 77.5 Å². The molecule has 0 aliphatic carbocycles. The first kappa shape index (κ1) is 22.7. The van der Waals surface area contributed by atoms with Gasteiger partial charge in [0.25, 0.3) is 10.0 Å². The van der Waals surface area contributed by atoms with Crippen LogP contribution in [0.2, 0.25) is 0 Å². The summed E-state index contributed by atoms with van der Waals surface area (Å²) in [6.45, 7) is 3.96. The van der Waals surface area contributed by atoms with Crippen LogP contribution in [0.5, 0.6) is 5.75 Å². The van der Waals surface area contributed by atoms with E-state index in [9.17, 15) is 8.42 Å². The molecule has 0 unspecified atom stereocenters. The molecule has 4 aromatic rings. The molecule has 0 atom stereocenters. The highest BCUT2D eigenvalue weighted by Gasteiger charge is 2.20. The molecule has 2 aromatic heterocycles. The van der Waals surface area contributed by atoms with Gasteiger partial charge in [-0.15, -0.1) is 0 Å².